The summed E-state index contributed by atoms with van der Waals surface area (Å²) in [5.74, 6) is -0.308. The monoisotopic (exact) mass is 258 g/mol. The zero-order valence-electron chi connectivity index (χ0n) is 10.9. The second kappa shape index (κ2) is 8.88. The SMILES string of the molecule is CCCCOC(=O)CNCC(=O)N1CCOCC1. The van der Waals surface area contributed by atoms with E-state index in [9.17, 15) is 9.59 Å². The number of ether oxygens (including phenoxy) is 2. The summed E-state index contributed by atoms with van der Waals surface area (Å²) in [6.45, 7) is 5.17. The highest BCUT2D eigenvalue weighted by atomic mass is 16.5. The first kappa shape index (κ1) is 14.9. The lowest BCUT2D eigenvalue weighted by Crippen LogP contribution is -2.45. The minimum atomic E-state index is -0.307. The maximum Gasteiger partial charge on any atom is 0.319 e. The highest BCUT2D eigenvalue weighted by Gasteiger charge is 2.16. The maximum absolute atomic E-state index is 11.7. The predicted molar refractivity (Wildman–Crippen MR) is 66.1 cm³/mol. The fourth-order valence-electron chi connectivity index (χ4n) is 1.58. The number of hydrogen-bond acceptors (Lipinski definition) is 5. The summed E-state index contributed by atoms with van der Waals surface area (Å²) >= 11 is 0. The third-order valence-electron chi connectivity index (χ3n) is 2.67. The smallest absolute Gasteiger partial charge is 0.319 e. The van der Waals surface area contributed by atoms with Crippen molar-refractivity contribution in [3.8, 4) is 0 Å². The number of esters is 1. The summed E-state index contributed by atoms with van der Waals surface area (Å²) in [5.41, 5.74) is 0. The van der Waals surface area contributed by atoms with E-state index >= 15 is 0 Å². The van der Waals surface area contributed by atoms with Crippen molar-refractivity contribution in [2.75, 3.05) is 46.0 Å². The number of carbonyl (C=O) groups is 2. The highest BCUT2D eigenvalue weighted by Crippen LogP contribution is 1.96. The van der Waals surface area contributed by atoms with Crippen LogP contribution in [0.3, 0.4) is 0 Å². The Hall–Kier alpha value is -1.14. The Morgan fingerprint density at radius 3 is 2.67 bits per heavy atom. The molecule has 1 saturated heterocycles. The van der Waals surface area contributed by atoms with E-state index in [0.717, 1.165) is 12.8 Å². The van der Waals surface area contributed by atoms with Gasteiger partial charge in [0, 0.05) is 13.1 Å². The number of morpholine rings is 1. The molecule has 0 unspecified atom stereocenters. The van der Waals surface area contributed by atoms with E-state index in [2.05, 4.69) is 5.32 Å². The first-order valence-corrected chi connectivity index (χ1v) is 6.46. The number of carbonyl (C=O) groups excluding carboxylic acids is 2. The molecular formula is C12H22N2O4. The molecule has 104 valence electrons. The van der Waals surface area contributed by atoms with Crippen LogP contribution in [0.25, 0.3) is 0 Å². The fraction of sp³-hybridized carbons (Fsp3) is 0.833. The second-order valence-corrected chi connectivity index (χ2v) is 4.17. The fourth-order valence-corrected chi connectivity index (χ4v) is 1.58. The largest absolute Gasteiger partial charge is 0.465 e. The molecule has 0 aromatic rings. The minimum Gasteiger partial charge on any atom is -0.465 e. The molecule has 0 spiro atoms. The van der Waals surface area contributed by atoms with E-state index in [1.54, 1.807) is 4.90 Å². The van der Waals surface area contributed by atoms with Gasteiger partial charge in [-0.1, -0.05) is 13.3 Å². The predicted octanol–water partition coefficient (Wildman–Crippen LogP) is -0.222. The normalized spacial score (nSPS) is 15.5. The van der Waals surface area contributed by atoms with Gasteiger partial charge in [0.05, 0.1) is 32.9 Å². The molecule has 18 heavy (non-hydrogen) atoms. The Morgan fingerprint density at radius 1 is 1.28 bits per heavy atom. The molecule has 1 rings (SSSR count). The molecule has 1 fully saturated rings. The number of hydrogen-bond donors (Lipinski definition) is 1. The number of unbranched alkanes of at least 4 members (excludes halogenated alkanes) is 1. The standard InChI is InChI=1S/C12H22N2O4/c1-2-3-6-18-12(16)10-13-9-11(15)14-4-7-17-8-5-14/h13H,2-10H2,1H3. The number of rotatable bonds is 7. The van der Waals surface area contributed by atoms with Crippen molar-refractivity contribution in [1.82, 2.24) is 10.2 Å². The molecule has 6 heteroatoms. The van der Waals surface area contributed by atoms with Crippen LogP contribution >= 0.6 is 0 Å². The summed E-state index contributed by atoms with van der Waals surface area (Å²) in [6.07, 6.45) is 1.87. The summed E-state index contributed by atoms with van der Waals surface area (Å²) in [4.78, 5) is 24.7. The molecule has 1 aliphatic rings. The second-order valence-electron chi connectivity index (χ2n) is 4.17. The number of amides is 1. The number of nitrogens with one attached hydrogen (secondary N) is 1. The van der Waals surface area contributed by atoms with Gasteiger partial charge in [-0.15, -0.1) is 0 Å². The lowest BCUT2D eigenvalue weighted by atomic mass is 10.4. The van der Waals surface area contributed by atoms with E-state index in [1.807, 2.05) is 6.92 Å². The maximum atomic E-state index is 11.7. The lowest BCUT2D eigenvalue weighted by Gasteiger charge is -2.26. The molecule has 1 heterocycles. The summed E-state index contributed by atoms with van der Waals surface area (Å²) < 4.78 is 10.1. The van der Waals surface area contributed by atoms with Crippen molar-refractivity contribution in [2.24, 2.45) is 0 Å². The molecule has 0 aromatic carbocycles. The van der Waals surface area contributed by atoms with Gasteiger partial charge in [-0.2, -0.15) is 0 Å². The van der Waals surface area contributed by atoms with Crippen LogP contribution in [0.2, 0.25) is 0 Å². The molecule has 0 atom stereocenters. The number of nitrogens with zero attached hydrogens (tertiary/aromatic N) is 1. The third kappa shape index (κ3) is 5.97. The average Bonchev–Trinajstić information content (AvgIpc) is 2.40. The van der Waals surface area contributed by atoms with Crippen LogP contribution in [-0.2, 0) is 19.1 Å². The van der Waals surface area contributed by atoms with Crippen molar-refractivity contribution in [2.45, 2.75) is 19.8 Å². The van der Waals surface area contributed by atoms with Gasteiger partial charge in [-0.05, 0) is 6.42 Å². The molecule has 1 aliphatic heterocycles. The molecule has 0 aliphatic carbocycles. The molecule has 6 nitrogen and oxygen atoms in total. The lowest BCUT2D eigenvalue weighted by molar-refractivity contribution is -0.142. The van der Waals surface area contributed by atoms with Crippen LogP contribution < -0.4 is 5.32 Å². The zero-order valence-corrected chi connectivity index (χ0v) is 10.9. The highest BCUT2D eigenvalue weighted by molar-refractivity contribution is 5.79. The van der Waals surface area contributed by atoms with Gasteiger partial charge < -0.3 is 14.4 Å². The van der Waals surface area contributed by atoms with E-state index in [1.165, 1.54) is 0 Å². The topological polar surface area (TPSA) is 67.9 Å². The molecule has 0 saturated carbocycles. The molecule has 0 radical (unpaired) electrons. The first-order valence-electron chi connectivity index (χ1n) is 6.46. The third-order valence-corrected chi connectivity index (χ3v) is 2.67. The van der Waals surface area contributed by atoms with Crippen LogP contribution in [0.4, 0.5) is 0 Å². The van der Waals surface area contributed by atoms with E-state index in [0.29, 0.717) is 32.9 Å². The van der Waals surface area contributed by atoms with Gasteiger partial charge in [0.2, 0.25) is 5.91 Å². The molecule has 1 N–H and O–H groups in total. The Kier molecular flexibility index (Phi) is 7.36. The van der Waals surface area contributed by atoms with E-state index in [-0.39, 0.29) is 25.0 Å². The van der Waals surface area contributed by atoms with Gasteiger partial charge in [0.1, 0.15) is 0 Å². The van der Waals surface area contributed by atoms with E-state index < -0.39 is 0 Å². The van der Waals surface area contributed by atoms with Crippen molar-refractivity contribution in [3.63, 3.8) is 0 Å². The zero-order chi connectivity index (χ0) is 13.2. The van der Waals surface area contributed by atoms with Crippen LogP contribution in [-0.4, -0.2) is 62.8 Å². The molecular weight excluding hydrogens is 236 g/mol. The van der Waals surface area contributed by atoms with Crippen LogP contribution in [0.5, 0.6) is 0 Å². The van der Waals surface area contributed by atoms with Gasteiger partial charge in [0.15, 0.2) is 0 Å². The summed E-state index contributed by atoms with van der Waals surface area (Å²) in [6, 6.07) is 0. The van der Waals surface area contributed by atoms with Crippen LogP contribution in [0.15, 0.2) is 0 Å². The Labute approximate surface area is 108 Å². The Balaban J connectivity index is 2.05. The van der Waals surface area contributed by atoms with Crippen molar-refractivity contribution in [1.29, 1.82) is 0 Å². The molecule has 0 aromatic heterocycles. The van der Waals surface area contributed by atoms with Crippen molar-refractivity contribution in [3.05, 3.63) is 0 Å². The Morgan fingerprint density at radius 2 is 2.00 bits per heavy atom. The average molecular weight is 258 g/mol. The van der Waals surface area contributed by atoms with Crippen molar-refractivity contribution < 1.29 is 19.1 Å². The summed E-state index contributed by atoms with van der Waals surface area (Å²) in [5, 5.41) is 2.80. The summed E-state index contributed by atoms with van der Waals surface area (Å²) in [7, 11) is 0. The van der Waals surface area contributed by atoms with Gasteiger partial charge >= 0.3 is 5.97 Å². The van der Waals surface area contributed by atoms with Crippen LogP contribution in [0.1, 0.15) is 19.8 Å². The quantitative estimate of drug-likeness (QED) is 0.505. The molecule has 1 amide bonds. The minimum absolute atomic E-state index is 0.000316. The molecule has 0 bridgehead atoms. The van der Waals surface area contributed by atoms with E-state index in [4.69, 9.17) is 9.47 Å². The van der Waals surface area contributed by atoms with Gasteiger partial charge in [0.25, 0.3) is 0 Å². The Bertz CT molecular complexity index is 265. The van der Waals surface area contributed by atoms with Crippen molar-refractivity contribution >= 4 is 11.9 Å². The van der Waals surface area contributed by atoms with Gasteiger partial charge in [-0.25, -0.2) is 0 Å². The first-order chi connectivity index (χ1) is 8.74. The van der Waals surface area contributed by atoms with Gasteiger partial charge in [-0.3, -0.25) is 14.9 Å². The van der Waals surface area contributed by atoms with Crippen LogP contribution in [0, 0.1) is 0 Å².